The molecule has 0 amide bonds. The van der Waals surface area contributed by atoms with E-state index < -0.39 is 0 Å². The predicted octanol–water partition coefficient (Wildman–Crippen LogP) is 4.27. The summed E-state index contributed by atoms with van der Waals surface area (Å²) in [6.07, 6.45) is 0.798. The van der Waals surface area contributed by atoms with Gasteiger partial charge in [-0.1, -0.05) is 29.9 Å². The molecule has 0 spiro atoms. The van der Waals surface area contributed by atoms with Crippen LogP contribution in [0.5, 0.6) is 0 Å². The molecule has 3 aromatic rings. The van der Waals surface area contributed by atoms with Crippen LogP contribution in [0, 0.1) is 11.6 Å². The van der Waals surface area contributed by atoms with Gasteiger partial charge < -0.3 is 4.74 Å². The highest BCUT2D eigenvalue weighted by atomic mass is 32.1. The second-order valence-corrected chi connectivity index (χ2v) is 8.33. The lowest BCUT2D eigenvalue weighted by molar-refractivity contribution is -0.0379. The Bertz CT molecular complexity index is 1060. The number of H-pyrrole nitrogens is 1. The second kappa shape index (κ2) is 5.37. The van der Waals surface area contributed by atoms with Crippen LogP contribution in [0.3, 0.4) is 0 Å². The van der Waals surface area contributed by atoms with Crippen LogP contribution in [0.2, 0.25) is 0 Å². The lowest BCUT2D eigenvalue weighted by Gasteiger charge is -2.30. The summed E-state index contributed by atoms with van der Waals surface area (Å²) < 4.78 is 8.06. The van der Waals surface area contributed by atoms with Gasteiger partial charge in [0.05, 0.1) is 17.9 Å². The molecular formula is C18H18N2O2S2. The van der Waals surface area contributed by atoms with Crippen LogP contribution in [0.4, 0.5) is 0 Å². The van der Waals surface area contributed by atoms with Crippen molar-refractivity contribution in [1.82, 2.24) is 9.55 Å². The van der Waals surface area contributed by atoms with Crippen molar-refractivity contribution in [3.8, 4) is 5.69 Å². The fourth-order valence-corrected chi connectivity index (χ4v) is 4.75. The minimum Gasteiger partial charge on any atom is -0.370 e. The van der Waals surface area contributed by atoms with E-state index in [9.17, 15) is 4.79 Å². The largest absolute Gasteiger partial charge is 0.370 e. The number of benzene rings is 1. The van der Waals surface area contributed by atoms with Gasteiger partial charge in [0, 0.05) is 16.7 Å². The summed E-state index contributed by atoms with van der Waals surface area (Å²) in [4.78, 5) is 17.6. The fraction of sp³-hybridized carbons (Fsp3) is 0.333. The Morgan fingerprint density at radius 1 is 1.29 bits per heavy atom. The molecule has 1 aliphatic heterocycles. The Hall–Kier alpha value is -1.76. The van der Waals surface area contributed by atoms with Crippen molar-refractivity contribution in [2.75, 3.05) is 0 Å². The maximum Gasteiger partial charge on any atom is 0.332 e. The summed E-state index contributed by atoms with van der Waals surface area (Å²) in [5.41, 5.74) is 2.74. The van der Waals surface area contributed by atoms with Crippen LogP contribution in [0.1, 0.15) is 29.9 Å². The molecule has 2 aromatic heterocycles. The molecule has 0 aliphatic carbocycles. The highest BCUT2D eigenvalue weighted by molar-refractivity contribution is 7.71. The second-order valence-electron chi connectivity index (χ2n) is 6.84. The zero-order valence-corrected chi connectivity index (χ0v) is 15.4. The molecule has 0 fully saturated rings. The van der Waals surface area contributed by atoms with E-state index in [2.05, 4.69) is 18.8 Å². The molecule has 124 valence electrons. The number of fused-ring (bicyclic) bond motifs is 3. The van der Waals surface area contributed by atoms with E-state index in [-0.39, 0.29) is 11.3 Å². The van der Waals surface area contributed by atoms with Crippen LogP contribution < -0.4 is 5.69 Å². The number of nitrogens with one attached hydrogen (secondary N) is 1. The molecule has 0 unspecified atom stereocenters. The molecule has 4 rings (SSSR count). The average Bonchev–Trinajstić information content (AvgIpc) is 2.85. The Kier molecular flexibility index (Phi) is 3.53. The molecule has 0 atom stereocenters. The summed E-state index contributed by atoms with van der Waals surface area (Å²) in [7, 11) is 0. The number of ether oxygens (including phenoxy) is 1. The molecular weight excluding hydrogens is 340 g/mol. The van der Waals surface area contributed by atoms with Gasteiger partial charge in [0.25, 0.3) is 0 Å². The Balaban J connectivity index is 2.02. The molecule has 24 heavy (non-hydrogen) atoms. The maximum absolute atomic E-state index is 12.6. The molecule has 4 nitrogen and oxygen atoms in total. The van der Waals surface area contributed by atoms with Crippen molar-refractivity contribution in [2.24, 2.45) is 0 Å². The van der Waals surface area contributed by atoms with Gasteiger partial charge in [-0.05, 0) is 38.5 Å². The van der Waals surface area contributed by atoms with E-state index in [4.69, 9.17) is 17.0 Å². The Labute approximate surface area is 148 Å². The highest BCUT2D eigenvalue weighted by Crippen LogP contribution is 2.38. The minimum absolute atomic E-state index is 0.199. The maximum atomic E-state index is 12.6. The molecule has 3 heterocycles. The number of hydrogen-bond donors (Lipinski definition) is 1. The zero-order valence-electron chi connectivity index (χ0n) is 13.8. The molecule has 0 radical (unpaired) electrons. The van der Waals surface area contributed by atoms with E-state index >= 15 is 0 Å². The van der Waals surface area contributed by atoms with Crippen molar-refractivity contribution in [2.45, 2.75) is 39.4 Å². The van der Waals surface area contributed by atoms with Gasteiger partial charge in [-0.2, -0.15) is 0 Å². The van der Waals surface area contributed by atoms with Gasteiger partial charge in [0.1, 0.15) is 9.47 Å². The first kappa shape index (κ1) is 15.7. The summed E-state index contributed by atoms with van der Waals surface area (Å²) in [6, 6.07) is 7.83. The number of aromatic amines is 1. The molecule has 1 aromatic carbocycles. The number of thiophene rings is 1. The van der Waals surface area contributed by atoms with Crippen molar-refractivity contribution >= 4 is 33.8 Å². The van der Waals surface area contributed by atoms with Crippen molar-refractivity contribution in [1.29, 1.82) is 0 Å². The molecule has 1 N–H and O–H groups in total. The van der Waals surface area contributed by atoms with E-state index in [0.717, 1.165) is 32.8 Å². The standard InChI is InChI=1S/C18H18N2O2S2/c1-10-4-6-11(7-5-10)20-16(23)14-12-8-18(2,3)22-9-13(12)24-15(14)19-17(20)21/h4-7H,8-9H2,1-3H3,(H,19,21). The first-order chi connectivity index (χ1) is 11.4. The number of aromatic nitrogens is 2. The molecule has 1 aliphatic rings. The van der Waals surface area contributed by atoms with Crippen LogP contribution in [0.25, 0.3) is 15.9 Å². The average molecular weight is 358 g/mol. The minimum atomic E-state index is -0.215. The number of nitrogens with zero attached hydrogens (tertiary/aromatic N) is 1. The number of hydrogen-bond acceptors (Lipinski definition) is 4. The third-order valence-electron chi connectivity index (χ3n) is 4.42. The van der Waals surface area contributed by atoms with E-state index in [0.29, 0.717) is 11.2 Å². The zero-order chi connectivity index (χ0) is 17.1. The molecule has 0 saturated heterocycles. The van der Waals surface area contributed by atoms with Gasteiger partial charge in [0.15, 0.2) is 0 Å². The number of rotatable bonds is 1. The Morgan fingerprint density at radius 3 is 2.71 bits per heavy atom. The molecule has 6 heteroatoms. The van der Waals surface area contributed by atoms with Crippen LogP contribution >= 0.6 is 23.6 Å². The topological polar surface area (TPSA) is 47.0 Å². The van der Waals surface area contributed by atoms with E-state index in [1.807, 2.05) is 31.2 Å². The highest BCUT2D eigenvalue weighted by Gasteiger charge is 2.30. The normalized spacial score (nSPS) is 16.3. The van der Waals surface area contributed by atoms with Gasteiger partial charge in [-0.25, -0.2) is 4.79 Å². The molecule has 0 bridgehead atoms. The predicted molar refractivity (Wildman–Crippen MR) is 99.9 cm³/mol. The van der Waals surface area contributed by atoms with Gasteiger partial charge in [0.2, 0.25) is 0 Å². The van der Waals surface area contributed by atoms with Gasteiger partial charge >= 0.3 is 5.69 Å². The first-order valence-electron chi connectivity index (χ1n) is 7.86. The van der Waals surface area contributed by atoms with E-state index in [1.165, 1.54) is 5.56 Å². The Morgan fingerprint density at radius 2 is 2.00 bits per heavy atom. The summed E-state index contributed by atoms with van der Waals surface area (Å²) in [6.45, 7) is 6.77. The number of aryl methyl sites for hydroxylation is 1. The summed E-state index contributed by atoms with van der Waals surface area (Å²) in [5.74, 6) is 0. The lowest BCUT2D eigenvalue weighted by Crippen LogP contribution is -2.31. The summed E-state index contributed by atoms with van der Waals surface area (Å²) in [5, 5.41) is 0.988. The third-order valence-corrected chi connectivity index (χ3v) is 5.93. The quantitative estimate of drug-likeness (QED) is 0.661. The van der Waals surface area contributed by atoms with Crippen LogP contribution in [-0.2, 0) is 17.8 Å². The fourth-order valence-electron chi connectivity index (χ4n) is 3.15. The van der Waals surface area contributed by atoms with Gasteiger partial charge in [-0.3, -0.25) is 9.55 Å². The lowest BCUT2D eigenvalue weighted by atomic mass is 9.94. The SMILES string of the molecule is Cc1ccc(-n2c(=O)[nH]c3sc4c(c3c2=S)CC(C)(C)OC4)cc1. The first-order valence-corrected chi connectivity index (χ1v) is 9.09. The van der Waals surface area contributed by atoms with Crippen LogP contribution in [-0.4, -0.2) is 15.2 Å². The third kappa shape index (κ3) is 2.46. The van der Waals surface area contributed by atoms with Gasteiger partial charge in [-0.15, -0.1) is 11.3 Å². The monoisotopic (exact) mass is 358 g/mol. The molecule has 0 saturated carbocycles. The van der Waals surface area contributed by atoms with Crippen molar-refractivity contribution in [3.05, 3.63) is 55.4 Å². The smallest absolute Gasteiger partial charge is 0.332 e. The van der Waals surface area contributed by atoms with Crippen molar-refractivity contribution in [3.63, 3.8) is 0 Å². The van der Waals surface area contributed by atoms with Crippen LogP contribution in [0.15, 0.2) is 29.1 Å². The van der Waals surface area contributed by atoms with Crippen molar-refractivity contribution < 1.29 is 4.74 Å². The summed E-state index contributed by atoms with van der Waals surface area (Å²) >= 11 is 7.29. The van der Waals surface area contributed by atoms with E-state index in [1.54, 1.807) is 15.9 Å².